The maximum absolute atomic E-state index is 5.41. The molecule has 112 valence electrons. The van der Waals surface area contributed by atoms with Gasteiger partial charge in [0.25, 0.3) is 0 Å². The Bertz CT molecular complexity index is 737. The summed E-state index contributed by atoms with van der Waals surface area (Å²) in [5.74, 6) is 1.45. The number of benzene rings is 1. The number of imidazole rings is 1. The minimum Gasteiger partial charge on any atom is -0.364 e. The lowest BCUT2D eigenvalue weighted by molar-refractivity contribution is 0.730. The van der Waals surface area contributed by atoms with Gasteiger partial charge in [-0.2, -0.15) is 0 Å². The zero-order chi connectivity index (χ0) is 15.4. The summed E-state index contributed by atoms with van der Waals surface area (Å²) < 4.78 is 2.69. The summed E-state index contributed by atoms with van der Waals surface area (Å²) in [4.78, 5) is 8.68. The van der Waals surface area contributed by atoms with Gasteiger partial charge in [-0.15, -0.1) is 0 Å². The van der Waals surface area contributed by atoms with Crippen molar-refractivity contribution in [1.82, 2.24) is 19.7 Å². The first-order valence-corrected chi connectivity index (χ1v) is 8.38. The Kier molecular flexibility index (Phi) is 4.70. The molecule has 4 nitrogen and oxygen atoms in total. The zero-order valence-electron chi connectivity index (χ0n) is 12.1. The average molecular weight is 328 g/mol. The molecule has 1 atom stereocenters. The minimum absolute atomic E-state index is 0.198. The van der Waals surface area contributed by atoms with E-state index in [0.717, 1.165) is 21.5 Å². The molecule has 0 radical (unpaired) electrons. The van der Waals surface area contributed by atoms with Crippen LogP contribution < -0.4 is 5.32 Å². The lowest BCUT2D eigenvalue weighted by Crippen LogP contribution is -2.22. The summed E-state index contributed by atoms with van der Waals surface area (Å²) >= 11 is 7.00. The molecule has 0 spiro atoms. The molecule has 0 bridgehead atoms. The van der Waals surface area contributed by atoms with Crippen LogP contribution in [0.4, 0.5) is 0 Å². The molecular weight excluding hydrogens is 312 g/mol. The maximum atomic E-state index is 5.41. The highest BCUT2D eigenvalue weighted by molar-refractivity contribution is 8.22. The van der Waals surface area contributed by atoms with Gasteiger partial charge in [0, 0.05) is 30.4 Å². The molecular formula is C16H16N4S2. The third-order valence-corrected chi connectivity index (χ3v) is 4.56. The van der Waals surface area contributed by atoms with Crippen molar-refractivity contribution in [3.63, 3.8) is 0 Å². The van der Waals surface area contributed by atoms with Crippen LogP contribution in [0.1, 0.15) is 24.2 Å². The van der Waals surface area contributed by atoms with Crippen molar-refractivity contribution in [1.29, 1.82) is 0 Å². The van der Waals surface area contributed by atoms with Gasteiger partial charge in [-0.3, -0.25) is 4.40 Å². The molecule has 0 saturated heterocycles. The van der Waals surface area contributed by atoms with E-state index in [0.29, 0.717) is 0 Å². The van der Waals surface area contributed by atoms with E-state index >= 15 is 0 Å². The lowest BCUT2D eigenvalue weighted by atomic mass is 10.1. The second-order valence-corrected chi connectivity index (χ2v) is 6.56. The van der Waals surface area contributed by atoms with Gasteiger partial charge in [-0.1, -0.05) is 54.3 Å². The molecule has 2 heterocycles. The Morgan fingerprint density at radius 1 is 1.32 bits per heavy atom. The van der Waals surface area contributed by atoms with Crippen molar-refractivity contribution in [3.8, 4) is 0 Å². The van der Waals surface area contributed by atoms with Gasteiger partial charge in [-0.05, 0) is 18.6 Å². The third-order valence-electron chi connectivity index (χ3n) is 3.27. The van der Waals surface area contributed by atoms with Gasteiger partial charge in [0.15, 0.2) is 0 Å². The molecule has 0 aliphatic carbocycles. The van der Waals surface area contributed by atoms with E-state index in [1.807, 2.05) is 41.1 Å². The molecule has 0 amide bonds. The molecule has 3 aromatic rings. The standard InChI is InChI=1S/C16H16N4S2/c1-12(13-6-3-2-4-7-13)18-16(21)22-11-14-10-20-9-5-8-17-15(20)19-14/h2-10,12H,11H2,1H3,(H,18,21). The normalized spacial score (nSPS) is 12.2. The second kappa shape index (κ2) is 6.89. The van der Waals surface area contributed by atoms with E-state index in [2.05, 4.69) is 34.3 Å². The van der Waals surface area contributed by atoms with Gasteiger partial charge >= 0.3 is 0 Å². The van der Waals surface area contributed by atoms with Crippen LogP contribution in [0.3, 0.4) is 0 Å². The topological polar surface area (TPSA) is 42.2 Å². The van der Waals surface area contributed by atoms with Crippen molar-refractivity contribution in [2.45, 2.75) is 18.7 Å². The second-order valence-electron chi connectivity index (χ2n) is 4.91. The SMILES string of the molecule is CC(NC(=S)SCc1cn2cccnc2n1)c1ccccc1. The van der Waals surface area contributed by atoms with Crippen molar-refractivity contribution in [3.05, 3.63) is 66.2 Å². The fourth-order valence-corrected chi connectivity index (χ4v) is 3.16. The Morgan fingerprint density at radius 3 is 2.91 bits per heavy atom. The Morgan fingerprint density at radius 2 is 2.14 bits per heavy atom. The molecule has 0 fully saturated rings. The number of rotatable bonds is 4. The molecule has 1 aromatic carbocycles. The highest BCUT2D eigenvalue weighted by Gasteiger charge is 2.08. The fourth-order valence-electron chi connectivity index (χ4n) is 2.13. The van der Waals surface area contributed by atoms with Crippen molar-refractivity contribution in [2.24, 2.45) is 0 Å². The smallest absolute Gasteiger partial charge is 0.233 e. The first-order chi connectivity index (χ1) is 10.7. The van der Waals surface area contributed by atoms with Crippen molar-refractivity contribution >= 4 is 34.1 Å². The van der Waals surface area contributed by atoms with Crippen LogP contribution >= 0.6 is 24.0 Å². The summed E-state index contributed by atoms with van der Waals surface area (Å²) in [5.41, 5.74) is 2.20. The van der Waals surface area contributed by atoms with Gasteiger partial charge in [0.1, 0.15) is 4.32 Å². The van der Waals surface area contributed by atoms with Gasteiger partial charge in [-0.25, -0.2) is 9.97 Å². The molecule has 0 saturated carbocycles. The number of aromatic nitrogens is 3. The maximum Gasteiger partial charge on any atom is 0.233 e. The van der Waals surface area contributed by atoms with Crippen LogP contribution in [0.2, 0.25) is 0 Å². The van der Waals surface area contributed by atoms with Crippen molar-refractivity contribution in [2.75, 3.05) is 0 Å². The van der Waals surface area contributed by atoms with Crippen LogP contribution in [0.5, 0.6) is 0 Å². The van der Waals surface area contributed by atoms with Gasteiger partial charge < -0.3 is 5.32 Å². The predicted octanol–water partition coefficient (Wildman–Crippen LogP) is 3.60. The molecule has 0 aliphatic rings. The van der Waals surface area contributed by atoms with E-state index in [-0.39, 0.29) is 6.04 Å². The molecule has 6 heteroatoms. The number of hydrogen-bond acceptors (Lipinski definition) is 4. The monoisotopic (exact) mass is 328 g/mol. The fraction of sp³-hybridized carbons (Fsp3) is 0.188. The first kappa shape index (κ1) is 15.0. The zero-order valence-corrected chi connectivity index (χ0v) is 13.8. The Hall–Kier alpha value is -1.92. The molecule has 1 N–H and O–H groups in total. The van der Waals surface area contributed by atoms with E-state index in [9.17, 15) is 0 Å². The molecule has 2 aromatic heterocycles. The third kappa shape index (κ3) is 3.64. The van der Waals surface area contributed by atoms with Crippen molar-refractivity contribution < 1.29 is 0 Å². The molecule has 3 rings (SSSR count). The summed E-state index contributed by atoms with van der Waals surface area (Å²) in [5, 5.41) is 3.34. The number of hydrogen-bond donors (Lipinski definition) is 1. The Labute approximate surface area is 139 Å². The summed E-state index contributed by atoms with van der Waals surface area (Å²) in [7, 11) is 0. The van der Waals surface area contributed by atoms with Gasteiger partial charge in [0.2, 0.25) is 5.78 Å². The van der Waals surface area contributed by atoms with Crippen LogP contribution in [-0.2, 0) is 5.75 Å². The highest BCUT2D eigenvalue weighted by atomic mass is 32.2. The van der Waals surface area contributed by atoms with Crippen LogP contribution in [-0.4, -0.2) is 18.7 Å². The summed E-state index contributed by atoms with van der Waals surface area (Å²) in [6.45, 7) is 2.11. The van der Waals surface area contributed by atoms with E-state index < -0.39 is 0 Å². The quantitative estimate of drug-likeness (QED) is 0.741. The number of thiocarbonyl (C=S) groups is 1. The number of thioether (sulfide) groups is 1. The summed E-state index contributed by atoms with van der Waals surface area (Å²) in [6.07, 6.45) is 5.67. The van der Waals surface area contributed by atoms with Crippen LogP contribution in [0, 0.1) is 0 Å². The van der Waals surface area contributed by atoms with E-state index in [1.165, 1.54) is 5.56 Å². The average Bonchev–Trinajstić information content (AvgIpc) is 2.96. The number of fused-ring (bicyclic) bond motifs is 1. The number of nitrogens with one attached hydrogen (secondary N) is 1. The van der Waals surface area contributed by atoms with Gasteiger partial charge in [0.05, 0.1) is 5.69 Å². The molecule has 22 heavy (non-hydrogen) atoms. The summed E-state index contributed by atoms with van der Waals surface area (Å²) in [6, 6.07) is 12.4. The van der Waals surface area contributed by atoms with E-state index in [4.69, 9.17) is 12.2 Å². The molecule has 0 aliphatic heterocycles. The lowest BCUT2D eigenvalue weighted by Gasteiger charge is -2.15. The molecule has 1 unspecified atom stereocenters. The highest BCUT2D eigenvalue weighted by Crippen LogP contribution is 2.17. The minimum atomic E-state index is 0.198. The predicted molar refractivity (Wildman–Crippen MR) is 94.9 cm³/mol. The Balaban J connectivity index is 1.56. The first-order valence-electron chi connectivity index (χ1n) is 6.99. The number of nitrogens with zero attached hydrogens (tertiary/aromatic N) is 3. The van der Waals surface area contributed by atoms with Crippen LogP contribution in [0.15, 0.2) is 55.0 Å². The van der Waals surface area contributed by atoms with E-state index in [1.54, 1.807) is 18.0 Å². The van der Waals surface area contributed by atoms with Crippen LogP contribution in [0.25, 0.3) is 5.78 Å². The largest absolute Gasteiger partial charge is 0.364 e.